The van der Waals surface area contributed by atoms with Gasteiger partial charge in [-0.25, -0.2) is 0 Å². The van der Waals surface area contributed by atoms with E-state index in [9.17, 15) is 0 Å². The Hall–Kier alpha value is -1.80. The van der Waals surface area contributed by atoms with Gasteiger partial charge in [0.1, 0.15) is 11.9 Å². The SMILES string of the molecule is c1cc(CN[C@H]2CCCc3ccccc32)cc(OC2CC3CCC2C3)c1. The van der Waals surface area contributed by atoms with Gasteiger partial charge < -0.3 is 10.1 Å². The topological polar surface area (TPSA) is 21.3 Å². The van der Waals surface area contributed by atoms with Crippen molar-refractivity contribution in [2.24, 2.45) is 11.8 Å². The Bertz CT molecular complexity index is 770. The second-order valence-electron chi connectivity index (χ2n) is 8.50. The highest BCUT2D eigenvalue weighted by Crippen LogP contribution is 2.46. The quantitative estimate of drug-likeness (QED) is 0.779. The molecule has 0 aromatic heterocycles. The highest BCUT2D eigenvalue weighted by Gasteiger charge is 2.40. The summed E-state index contributed by atoms with van der Waals surface area (Å²) >= 11 is 0. The van der Waals surface area contributed by atoms with Crippen molar-refractivity contribution >= 4 is 0 Å². The molecular formula is C24H29NO. The molecule has 3 aliphatic carbocycles. The van der Waals surface area contributed by atoms with E-state index in [0.717, 1.165) is 24.1 Å². The lowest BCUT2D eigenvalue weighted by Gasteiger charge is -2.27. The molecule has 2 aromatic carbocycles. The summed E-state index contributed by atoms with van der Waals surface area (Å²) in [6, 6.07) is 18.1. The summed E-state index contributed by atoms with van der Waals surface area (Å²) in [4.78, 5) is 0. The lowest BCUT2D eigenvalue weighted by atomic mass is 9.87. The lowest BCUT2D eigenvalue weighted by molar-refractivity contribution is 0.138. The number of hydrogen-bond acceptors (Lipinski definition) is 2. The predicted molar refractivity (Wildman–Crippen MR) is 105 cm³/mol. The zero-order valence-electron chi connectivity index (χ0n) is 15.5. The van der Waals surface area contributed by atoms with Gasteiger partial charge in [-0.05, 0) is 85.6 Å². The van der Waals surface area contributed by atoms with Crippen molar-refractivity contribution in [3.63, 3.8) is 0 Å². The molecule has 3 aliphatic rings. The average molecular weight is 348 g/mol. The number of fused-ring (bicyclic) bond motifs is 3. The minimum absolute atomic E-state index is 0.460. The fourth-order valence-corrected chi connectivity index (χ4v) is 5.44. The molecule has 2 nitrogen and oxygen atoms in total. The molecule has 1 N–H and O–H groups in total. The minimum Gasteiger partial charge on any atom is -0.490 e. The van der Waals surface area contributed by atoms with E-state index in [1.165, 1.54) is 61.6 Å². The molecule has 2 fully saturated rings. The van der Waals surface area contributed by atoms with E-state index in [2.05, 4.69) is 53.8 Å². The molecule has 0 aliphatic heterocycles. The van der Waals surface area contributed by atoms with Crippen LogP contribution in [0.3, 0.4) is 0 Å². The Morgan fingerprint density at radius 3 is 2.81 bits per heavy atom. The lowest BCUT2D eigenvalue weighted by Crippen LogP contribution is -2.25. The molecule has 26 heavy (non-hydrogen) atoms. The molecule has 5 rings (SSSR count). The summed E-state index contributed by atoms with van der Waals surface area (Å²) in [5.74, 6) is 2.80. The monoisotopic (exact) mass is 347 g/mol. The van der Waals surface area contributed by atoms with Crippen LogP contribution in [0.4, 0.5) is 0 Å². The van der Waals surface area contributed by atoms with Crippen LogP contribution in [-0.2, 0) is 13.0 Å². The number of hydrogen-bond donors (Lipinski definition) is 1. The molecule has 4 atom stereocenters. The van der Waals surface area contributed by atoms with Gasteiger partial charge in [0.25, 0.3) is 0 Å². The fraction of sp³-hybridized carbons (Fsp3) is 0.500. The van der Waals surface area contributed by atoms with Crippen LogP contribution in [0.1, 0.15) is 61.3 Å². The van der Waals surface area contributed by atoms with Crippen molar-refractivity contribution in [3.05, 3.63) is 65.2 Å². The van der Waals surface area contributed by atoms with Crippen molar-refractivity contribution in [2.45, 2.75) is 63.6 Å². The first-order chi connectivity index (χ1) is 12.8. The molecule has 2 saturated carbocycles. The van der Waals surface area contributed by atoms with E-state index in [0.29, 0.717) is 12.1 Å². The molecule has 2 aromatic rings. The first-order valence-electron chi connectivity index (χ1n) is 10.4. The van der Waals surface area contributed by atoms with Crippen LogP contribution < -0.4 is 10.1 Å². The summed E-state index contributed by atoms with van der Waals surface area (Å²) in [6.07, 6.45) is 9.66. The van der Waals surface area contributed by atoms with E-state index < -0.39 is 0 Å². The molecule has 136 valence electrons. The van der Waals surface area contributed by atoms with Gasteiger partial charge in [0, 0.05) is 12.6 Å². The number of ether oxygens (including phenoxy) is 1. The third-order valence-corrected chi connectivity index (χ3v) is 6.78. The average Bonchev–Trinajstić information content (AvgIpc) is 3.30. The molecule has 0 radical (unpaired) electrons. The van der Waals surface area contributed by atoms with Crippen molar-refractivity contribution in [1.29, 1.82) is 0 Å². The Kier molecular flexibility index (Phi) is 4.46. The van der Waals surface area contributed by atoms with E-state index in [4.69, 9.17) is 4.74 Å². The molecule has 0 heterocycles. The summed E-state index contributed by atoms with van der Waals surface area (Å²) in [6.45, 7) is 0.910. The largest absolute Gasteiger partial charge is 0.490 e. The van der Waals surface area contributed by atoms with E-state index in [-0.39, 0.29) is 0 Å². The zero-order chi connectivity index (χ0) is 17.3. The van der Waals surface area contributed by atoms with Gasteiger partial charge in [-0.1, -0.05) is 36.4 Å². The molecule has 3 unspecified atom stereocenters. The van der Waals surface area contributed by atoms with Gasteiger partial charge in [-0.3, -0.25) is 0 Å². The third kappa shape index (κ3) is 3.27. The summed E-state index contributed by atoms with van der Waals surface area (Å²) < 4.78 is 6.37. The molecular weight excluding hydrogens is 318 g/mol. The van der Waals surface area contributed by atoms with Crippen molar-refractivity contribution in [2.75, 3.05) is 0 Å². The van der Waals surface area contributed by atoms with Gasteiger partial charge in [-0.15, -0.1) is 0 Å². The maximum absolute atomic E-state index is 6.37. The van der Waals surface area contributed by atoms with Crippen molar-refractivity contribution in [1.82, 2.24) is 5.32 Å². The first kappa shape index (κ1) is 16.4. The van der Waals surface area contributed by atoms with E-state index in [1.807, 2.05) is 0 Å². The number of aryl methyl sites for hydroxylation is 1. The van der Waals surface area contributed by atoms with Gasteiger partial charge in [0.05, 0.1) is 0 Å². The predicted octanol–water partition coefficient (Wildman–Crippen LogP) is 5.42. The maximum atomic E-state index is 6.37. The number of benzene rings is 2. The summed E-state index contributed by atoms with van der Waals surface area (Å²) in [7, 11) is 0. The Labute approximate surface area is 157 Å². The van der Waals surface area contributed by atoms with Crippen LogP contribution >= 0.6 is 0 Å². The Balaban J connectivity index is 1.23. The maximum Gasteiger partial charge on any atom is 0.120 e. The standard InChI is InChI=1S/C24H29NO/c1-2-9-22-19(6-1)7-4-10-23(22)25-16-18-5-3-8-21(14-18)26-24-15-17-11-12-20(24)13-17/h1-3,5-6,8-9,14,17,20,23-25H,4,7,10-13,15-16H2/t17?,20?,23-,24?/m0/s1. The van der Waals surface area contributed by atoms with Crippen LogP contribution in [0.5, 0.6) is 5.75 Å². The van der Waals surface area contributed by atoms with Crippen LogP contribution in [0.25, 0.3) is 0 Å². The van der Waals surface area contributed by atoms with Crippen LogP contribution in [-0.4, -0.2) is 6.10 Å². The fourth-order valence-electron chi connectivity index (χ4n) is 5.44. The van der Waals surface area contributed by atoms with Crippen LogP contribution in [0.2, 0.25) is 0 Å². The van der Waals surface area contributed by atoms with E-state index in [1.54, 1.807) is 0 Å². The van der Waals surface area contributed by atoms with Crippen molar-refractivity contribution in [3.8, 4) is 5.75 Å². The molecule has 0 saturated heterocycles. The van der Waals surface area contributed by atoms with Gasteiger partial charge in [0.2, 0.25) is 0 Å². The smallest absolute Gasteiger partial charge is 0.120 e. The Morgan fingerprint density at radius 2 is 1.92 bits per heavy atom. The van der Waals surface area contributed by atoms with Gasteiger partial charge in [-0.2, -0.15) is 0 Å². The van der Waals surface area contributed by atoms with Crippen LogP contribution in [0.15, 0.2) is 48.5 Å². The highest BCUT2D eigenvalue weighted by atomic mass is 16.5. The van der Waals surface area contributed by atoms with Crippen molar-refractivity contribution < 1.29 is 4.74 Å². The zero-order valence-corrected chi connectivity index (χ0v) is 15.5. The van der Waals surface area contributed by atoms with Gasteiger partial charge in [0.15, 0.2) is 0 Å². The normalized spacial score (nSPS) is 29.5. The summed E-state index contributed by atoms with van der Waals surface area (Å²) in [5.41, 5.74) is 4.34. The van der Waals surface area contributed by atoms with E-state index >= 15 is 0 Å². The van der Waals surface area contributed by atoms with Gasteiger partial charge >= 0.3 is 0 Å². The summed E-state index contributed by atoms with van der Waals surface area (Å²) in [5, 5.41) is 3.79. The highest BCUT2D eigenvalue weighted by molar-refractivity contribution is 5.33. The molecule has 0 spiro atoms. The molecule has 0 amide bonds. The second-order valence-corrected chi connectivity index (χ2v) is 8.50. The first-order valence-corrected chi connectivity index (χ1v) is 10.4. The Morgan fingerprint density at radius 1 is 0.962 bits per heavy atom. The van der Waals surface area contributed by atoms with Crippen LogP contribution in [0, 0.1) is 11.8 Å². The second kappa shape index (κ2) is 7.08. The number of nitrogens with one attached hydrogen (secondary N) is 1. The minimum atomic E-state index is 0.460. The molecule has 2 bridgehead atoms. The third-order valence-electron chi connectivity index (χ3n) is 6.78. The molecule has 2 heteroatoms. The number of rotatable bonds is 5.